The number of para-hydroxylation sites is 1. The maximum absolute atomic E-state index is 10.1. The van der Waals surface area contributed by atoms with Crippen LogP contribution in [0.3, 0.4) is 0 Å². The van der Waals surface area contributed by atoms with Crippen molar-refractivity contribution in [3.8, 4) is 0 Å². The summed E-state index contributed by atoms with van der Waals surface area (Å²) in [4.78, 5) is 2.30. The van der Waals surface area contributed by atoms with Crippen molar-refractivity contribution >= 4 is 5.69 Å². The second kappa shape index (κ2) is 6.21. The molecule has 2 N–H and O–H groups in total. The highest BCUT2D eigenvalue weighted by atomic mass is 16.3. The van der Waals surface area contributed by atoms with E-state index in [9.17, 15) is 10.2 Å². The highest BCUT2D eigenvalue weighted by molar-refractivity contribution is 5.55. The van der Waals surface area contributed by atoms with Gasteiger partial charge >= 0.3 is 0 Å². The molecule has 2 rings (SSSR count). The first-order chi connectivity index (χ1) is 8.76. The first-order valence-corrected chi connectivity index (χ1v) is 6.89. The number of benzene rings is 1. The maximum atomic E-state index is 10.1. The first kappa shape index (κ1) is 13.4. The van der Waals surface area contributed by atoms with E-state index in [-0.39, 0.29) is 6.61 Å². The monoisotopic (exact) mass is 249 g/mol. The van der Waals surface area contributed by atoms with Gasteiger partial charge in [0, 0.05) is 30.9 Å². The number of hydrogen-bond donors (Lipinski definition) is 2. The molecule has 0 spiro atoms. The minimum absolute atomic E-state index is 0.259. The van der Waals surface area contributed by atoms with Crippen LogP contribution >= 0.6 is 0 Å². The van der Waals surface area contributed by atoms with Crippen LogP contribution in [0, 0.1) is 5.92 Å². The molecule has 0 aromatic heterocycles. The zero-order chi connectivity index (χ0) is 13.0. The number of piperidine rings is 1. The van der Waals surface area contributed by atoms with Crippen LogP contribution in [-0.2, 0) is 0 Å². The SMILES string of the molecule is CCC(O)c1ccccc1N1CCCC(CO)C1. The summed E-state index contributed by atoms with van der Waals surface area (Å²) in [5, 5.41) is 19.4. The Morgan fingerprint density at radius 3 is 2.89 bits per heavy atom. The van der Waals surface area contributed by atoms with Gasteiger partial charge in [-0.3, -0.25) is 0 Å². The molecule has 1 aromatic carbocycles. The lowest BCUT2D eigenvalue weighted by molar-refractivity contribution is 0.173. The fraction of sp³-hybridized carbons (Fsp3) is 0.600. The van der Waals surface area contributed by atoms with Gasteiger partial charge in [0.15, 0.2) is 0 Å². The maximum Gasteiger partial charge on any atom is 0.0807 e. The third-order valence-corrected chi connectivity index (χ3v) is 3.80. The van der Waals surface area contributed by atoms with Crippen molar-refractivity contribution in [2.24, 2.45) is 5.92 Å². The Kier molecular flexibility index (Phi) is 4.61. The van der Waals surface area contributed by atoms with Gasteiger partial charge in [0.25, 0.3) is 0 Å². The van der Waals surface area contributed by atoms with Crippen molar-refractivity contribution in [1.82, 2.24) is 0 Å². The lowest BCUT2D eigenvalue weighted by Crippen LogP contribution is -2.37. The Balaban J connectivity index is 2.21. The molecule has 100 valence electrons. The molecule has 1 saturated heterocycles. The molecule has 0 amide bonds. The van der Waals surface area contributed by atoms with Crippen molar-refractivity contribution < 1.29 is 10.2 Å². The van der Waals surface area contributed by atoms with E-state index in [0.29, 0.717) is 5.92 Å². The number of hydrogen-bond acceptors (Lipinski definition) is 3. The second-order valence-electron chi connectivity index (χ2n) is 5.12. The van der Waals surface area contributed by atoms with Crippen LogP contribution in [-0.4, -0.2) is 29.9 Å². The van der Waals surface area contributed by atoms with Crippen LogP contribution in [0.4, 0.5) is 5.69 Å². The summed E-state index contributed by atoms with van der Waals surface area (Å²) in [5.41, 5.74) is 2.14. The van der Waals surface area contributed by atoms with Gasteiger partial charge in [-0.1, -0.05) is 25.1 Å². The van der Waals surface area contributed by atoms with Crippen molar-refractivity contribution in [1.29, 1.82) is 0 Å². The molecule has 0 aliphatic carbocycles. The number of aliphatic hydroxyl groups is 2. The molecule has 0 bridgehead atoms. The molecule has 2 atom stereocenters. The van der Waals surface area contributed by atoms with Crippen molar-refractivity contribution in [2.75, 3.05) is 24.6 Å². The number of rotatable bonds is 4. The third-order valence-electron chi connectivity index (χ3n) is 3.80. The molecule has 1 aliphatic rings. The fourth-order valence-corrected chi connectivity index (χ4v) is 2.71. The standard InChI is InChI=1S/C15H23NO2/c1-2-15(18)13-7-3-4-8-14(13)16-9-5-6-12(10-16)11-17/h3-4,7-8,12,15,17-18H,2,5-6,9-11H2,1H3. The van der Waals surface area contributed by atoms with Crippen LogP contribution in [0.15, 0.2) is 24.3 Å². The summed E-state index contributed by atoms with van der Waals surface area (Å²) >= 11 is 0. The number of anilines is 1. The van der Waals surface area contributed by atoms with E-state index in [1.54, 1.807) is 0 Å². The summed E-state index contributed by atoms with van der Waals surface area (Å²) in [6.07, 6.45) is 2.55. The predicted molar refractivity (Wildman–Crippen MR) is 73.7 cm³/mol. The number of nitrogens with zero attached hydrogens (tertiary/aromatic N) is 1. The predicted octanol–water partition coefficient (Wildman–Crippen LogP) is 2.34. The van der Waals surface area contributed by atoms with E-state index in [4.69, 9.17) is 0 Å². The molecule has 1 heterocycles. The Morgan fingerprint density at radius 2 is 2.17 bits per heavy atom. The van der Waals surface area contributed by atoms with Crippen LogP contribution in [0.25, 0.3) is 0 Å². The van der Waals surface area contributed by atoms with Crippen LogP contribution in [0.1, 0.15) is 37.9 Å². The van der Waals surface area contributed by atoms with E-state index >= 15 is 0 Å². The fourth-order valence-electron chi connectivity index (χ4n) is 2.71. The van der Waals surface area contributed by atoms with Gasteiger partial charge in [-0.15, -0.1) is 0 Å². The lowest BCUT2D eigenvalue weighted by atomic mass is 9.96. The molecule has 0 radical (unpaired) electrons. The lowest BCUT2D eigenvalue weighted by Gasteiger charge is -2.35. The quantitative estimate of drug-likeness (QED) is 0.861. The summed E-state index contributed by atoms with van der Waals surface area (Å²) in [6.45, 7) is 4.16. The van der Waals surface area contributed by atoms with Crippen LogP contribution in [0.5, 0.6) is 0 Å². The Hall–Kier alpha value is -1.06. The van der Waals surface area contributed by atoms with E-state index in [2.05, 4.69) is 11.0 Å². The van der Waals surface area contributed by atoms with Crippen molar-refractivity contribution in [3.63, 3.8) is 0 Å². The van der Waals surface area contributed by atoms with Gasteiger partial charge in [-0.05, 0) is 31.2 Å². The molecule has 1 aromatic rings. The molecule has 1 aliphatic heterocycles. The summed E-state index contributed by atoms with van der Waals surface area (Å²) in [7, 11) is 0. The Labute approximate surface area is 109 Å². The molecule has 18 heavy (non-hydrogen) atoms. The number of aliphatic hydroxyl groups excluding tert-OH is 2. The van der Waals surface area contributed by atoms with E-state index in [0.717, 1.165) is 43.6 Å². The molecular weight excluding hydrogens is 226 g/mol. The van der Waals surface area contributed by atoms with Gasteiger partial charge in [-0.25, -0.2) is 0 Å². The van der Waals surface area contributed by atoms with E-state index < -0.39 is 6.10 Å². The largest absolute Gasteiger partial charge is 0.396 e. The third kappa shape index (κ3) is 2.85. The molecule has 2 unspecified atom stereocenters. The van der Waals surface area contributed by atoms with Crippen LogP contribution in [0.2, 0.25) is 0 Å². The Morgan fingerprint density at radius 1 is 1.39 bits per heavy atom. The van der Waals surface area contributed by atoms with Crippen molar-refractivity contribution in [3.05, 3.63) is 29.8 Å². The molecule has 3 nitrogen and oxygen atoms in total. The summed E-state index contributed by atoms with van der Waals surface area (Å²) in [5.74, 6) is 0.366. The van der Waals surface area contributed by atoms with E-state index in [1.807, 2.05) is 25.1 Å². The second-order valence-corrected chi connectivity index (χ2v) is 5.12. The smallest absolute Gasteiger partial charge is 0.0807 e. The van der Waals surface area contributed by atoms with E-state index in [1.165, 1.54) is 0 Å². The Bertz CT molecular complexity index is 381. The van der Waals surface area contributed by atoms with Crippen molar-refractivity contribution in [2.45, 2.75) is 32.3 Å². The minimum Gasteiger partial charge on any atom is -0.396 e. The highest BCUT2D eigenvalue weighted by Crippen LogP contribution is 2.31. The topological polar surface area (TPSA) is 43.7 Å². The van der Waals surface area contributed by atoms with Gasteiger partial charge < -0.3 is 15.1 Å². The normalized spacial score (nSPS) is 21.9. The van der Waals surface area contributed by atoms with Gasteiger partial charge in [0.2, 0.25) is 0 Å². The minimum atomic E-state index is -0.393. The molecule has 0 saturated carbocycles. The molecule has 1 fully saturated rings. The molecule has 3 heteroatoms. The zero-order valence-electron chi connectivity index (χ0n) is 11.0. The van der Waals surface area contributed by atoms with Gasteiger partial charge in [0.05, 0.1) is 6.10 Å². The first-order valence-electron chi connectivity index (χ1n) is 6.89. The average Bonchev–Trinajstić information content (AvgIpc) is 2.46. The van der Waals surface area contributed by atoms with Gasteiger partial charge in [-0.2, -0.15) is 0 Å². The summed E-state index contributed by atoms with van der Waals surface area (Å²) in [6, 6.07) is 8.08. The van der Waals surface area contributed by atoms with Gasteiger partial charge in [0.1, 0.15) is 0 Å². The highest BCUT2D eigenvalue weighted by Gasteiger charge is 2.22. The molecular formula is C15H23NO2. The zero-order valence-corrected chi connectivity index (χ0v) is 11.0. The average molecular weight is 249 g/mol. The van der Waals surface area contributed by atoms with Crippen LogP contribution < -0.4 is 4.90 Å². The summed E-state index contributed by atoms with van der Waals surface area (Å²) < 4.78 is 0.